The number of carbonyl (C=O) groups excluding carboxylic acids is 3. The van der Waals surface area contributed by atoms with Crippen molar-refractivity contribution in [2.75, 3.05) is 39.3 Å². The predicted octanol–water partition coefficient (Wildman–Crippen LogP) is -0.519. The van der Waals surface area contributed by atoms with E-state index in [1.807, 2.05) is 13.8 Å². The van der Waals surface area contributed by atoms with Crippen molar-refractivity contribution in [1.29, 1.82) is 0 Å². The van der Waals surface area contributed by atoms with Crippen molar-refractivity contribution in [3.8, 4) is 0 Å². The van der Waals surface area contributed by atoms with Crippen LogP contribution in [0.3, 0.4) is 0 Å². The van der Waals surface area contributed by atoms with Gasteiger partial charge in [0.1, 0.15) is 6.04 Å². The van der Waals surface area contributed by atoms with Gasteiger partial charge in [0.2, 0.25) is 11.8 Å². The molecule has 1 aliphatic rings. The van der Waals surface area contributed by atoms with Crippen LogP contribution in [0.2, 0.25) is 0 Å². The Morgan fingerprint density at radius 3 is 2.56 bits per heavy atom. The van der Waals surface area contributed by atoms with Gasteiger partial charge in [-0.3, -0.25) is 19.3 Å². The highest BCUT2D eigenvalue weighted by Crippen LogP contribution is 2.09. The largest absolute Gasteiger partial charge is 0.346 e. The third-order valence-corrected chi connectivity index (χ3v) is 4.91. The summed E-state index contributed by atoms with van der Waals surface area (Å²) in [5.41, 5.74) is 5.57. The monoisotopic (exact) mass is 383 g/mol. The molecule has 1 fully saturated rings. The minimum absolute atomic E-state index is 0.0118. The van der Waals surface area contributed by atoms with E-state index in [2.05, 4.69) is 34.7 Å². The fourth-order valence-corrected chi connectivity index (χ4v) is 3.22. The van der Waals surface area contributed by atoms with Crippen LogP contribution >= 0.6 is 0 Å². The number of hydrogen-bond donors (Lipinski definition) is 4. The van der Waals surface area contributed by atoms with E-state index in [9.17, 15) is 14.4 Å². The van der Waals surface area contributed by atoms with Gasteiger partial charge in [-0.25, -0.2) is 0 Å². The van der Waals surface area contributed by atoms with Crippen LogP contribution in [-0.4, -0.2) is 73.8 Å². The first-order valence-electron chi connectivity index (χ1n) is 10.1. The van der Waals surface area contributed by atoms with E-state index in [1.54, 1.807) is 0 Å². The molecule has 0 bridgehead atoms. The Hall–Kier alpha value is -1.51. The van der Waals surface area contributed by atoms with E-state index >= 15 is 0 Å². The van der Waals surface area contributed by atoms with Crippen molar-refractivity contribution in [2.24, 2.45) is 17.6 Å². The molecular formula is C19H37N5O3. The molecule has 1 aliphatic heterocycles. The molecule has 1 saturated heterocycles. The molecule has 2 amide bonds. The summed E-state index contributed by atoms with van der Waals surface area (Å²) in [6.07, 6.45) is 1.12. The van der Waals surface area contributed by atoms with E-state index in [0.29, 0.717) is 31.8 Å². The van der Waals surface area contributed by atoms with Crippen LogP contribution < -0.4 is 21.7 Å². The van der Waals surface area contributed by atoms with Crippen molar-refractivity contribution in [3.05, 3.63) is 0 Å². The Bertz CT molecular complexity index is 498. The summed E-state index contributed by atoms with van der Waals surface area (Å²) < 4.78 is 0. The second-order valence-electron chi connectivity index (χ2n) is 7.74. The van der Waals surface area contributed by atoms with Gasteiger partial charge in [0.25, 0.3) is 0 Å². The zero-order valence-electron chi connectivity index (χ0n) is 17.2. The van der Waals surface area contributed by atoms with E-state index in [0.717, 1.165) is 19.6 Å². The third-order valence-electron chi connectivity index (χ3n) is 4.91. The van der Waals surface area contributed by atoms with E-state index in [-0.39, 0.29) is 36.1 Å². The zero-order valence-corrected chi connectivity index (χ0v) is 17.2. The summed E-state index contributed by atoms with van der Waals surface area (Å²) in [6.45, 7) is 11.3. The Kier molecular flexibility index (Phi) is 10.5. The lowest BCUT2D eigenvalue weighted by Gasteiger charge is -2.36. The minimum atomic E-state index is -0.594. The number of carbonyl (C=O) groups is 3. The second-order valence-corrected chi connectivity index (χ2v) is 7.74. The van der Waals surface area contributed by atoms with Crippen LogP contribution in [0.15, 0.2) is 0 Å². The molecule has 1 rings (SSSR count). The summed E-state index contributed by atoms with van der Waals surface area (Å²) in [5, 5.41) is 8.66. The third kappa shape index (κ3) is 7.94. The number of nitrogens with zero attached hydrogens (tertiary/aromatic N) is 1. The second kappa shape index (κ2) is 12.0. The van der Waals surface area contributed by atoms with Crippen LogP contribution in [0.1, 0.15) is 40.5 Å². The molecule has 3 atom stereocenters. The van der Waals surface area contributed by atoms with Gasteiger partial charge in [0.15, 0.2) is 5.78 Å². The molecule has 0 spiro atoms. The lowest BCUT2D eigenvalue weighted by atomic mass is 9.95. The first kappa shape index (κ1) is 23.5. The number of nitrogens with one attached hydrogen (secondary N) is 3. The predicted molar refractivity (Wildman–Crippen MR) is 106 cm³/mol. The summed E-state index contributed by atoms with van der Waals surface area (Å²) in [7, 11) is 0. The van der Waals surface area contributed by atoms with Gasteiger partial charge >= 0.3 is 0 Å². The number of ketones is 1. The molecule has 156 valence electrons. The summed E-state index contributed by atoms with van der Waals surface area (Å²) >= 11 is 0. The molecule has 27 heavy (non-hydrogen) atoms. The Balaban J connectivity index is 2.55. The number of rotatable bonds is 11. The molecular weight excluding hydrogens is 346 g/mol. The zero-order chi connectivity index (χ0) is 20.4. The fourth-order valence-electron chi connectivity index (χ4n) is 3.22. The molecule has 8 nitrogen and oxygen atoms in total. The number of piperazine rings is 1. The van der Waals surface area contributed by atoms with Crippen LogP contribution in [0.25, 0.3) is 0 Å². The maximum atomic E-state index is 12.5. The first-order valence-corrected chi connectivity index (χ1v) is 10.1. The van der Waals surface area contributed by atoms with Gasteiger partial charge in [0, 0.05) is 32.1 Å². The Morgan fingerprint density at radius 2 is 1.96 bits per heavy atom. The van der Waals surface area contributed by atoms with Crippen molar-refractivity contribution in [1.82, 2.24) is 20.9 Å². The highest BCUT2D eigenvalue weighted by Gasteiger charge is 2.29. The van der Waals surface area contributed by atoms with Gasteiger partial charge in [-0.15, -0.1) is 0 Å². The van der Waals surface area contributed by atoms with Crippen LogP contribution in [0, 0.1) is 11.8 Å². The molecule has 1 heterocycles. The van der Waals surface area contributed by atoms with Crippen molar-refractivity contribution in [3.63, 3.8) is 0 Å². The highest BCUT2D eigenvalue weighted by atomic mass is 16.2. The molecule has 5 N–H and O–H groups in total. The molecule has 0 radical (unpaired) electrons. The molecule has 0 saturated carbocycles. The summed E-state index contributed by atoms with van der Waals surface area (Å²) in [5.74, 6) is -0.207. The normalized spacial score (nSPS) is 20.1. The number of hydrogen-bond acceptors (Lipinski definition) is 6. The molecule has 0 aliphatic carbocycles. The summed E-state index contributed by atoms with van der Waals surface area (Å²) in [6, 6.07) is -0.876. The lowest BCUT2D eigenvalue weighted by molar-refractivity contribution is -0.132. The molecule has 3 unspecified atom stereocenters. The van der Waals surface area contributed by atoms with Gasteiger partial charge in [-0.05, 0) is 25.3 Å². The topological polar surface area (TPSA) is 117 Å². The van der Waals surface area contributed by atoms with Gasteiger partial charge in [0.05, 0.1) is 12.6 Å². The highest BCUT2D eigenvalue weighted by molar-refractivity contribution is 5.92. The molecule has 0 aromatic rings. The van der Waals surface area contributed by atoms with Gasteiger partial charge in [-0.1, -0.05) is 27.7 Å². The quantitative estimate of drug-likeness (QED) is 0.382. The van der Waals surface area contributed by atoms with Crippen LogP contribution in [0.4, 0.5) is 0 Å². The Labute approximate surface area is 163 Å². The van der Waals surface area contributed by atoms with Crippen molar-refractivity contribution in [2.45, 2.75) is 52.6 Å². The average molecular weight is 384 g/mol. The van der Waals surface area contributed by atoms with E-state index in [1.165, 1.54) is 0 Å². The van der Waals surface area contributed by atoms with Crippen LogP contribution in [0.5, 0.6) is 0 Å². The average Bonchev–Trinajstić information content (AvgIpc) is 2.64. The van der Waals surface area contributed by atoms with E-state index in [4.69, 9.17) is 5.73 Å². The molecule has 0 aromatic heterocycles. The van der Waals surface area contributed by atoms with Gasteiger partial charge in [-0.2, -0.15) is 0 Å². The van der Waals surface area contributed by atoms with Gasteiger partial charge < -0.3 is 21.7 Å². The molecule has 8 heteroatoms. The van der Waals surface area contributed by atoms with Crippen LogP contribution in [-0.2, 0) is 14.4 Å². The molecule has 0 aromatic carbocycles. The number of amides is 2. The van der Waals surface area contributed by atoms with Crippen molar-refractivity contribution >= 4 is 17.6 Å². The Morgan fingerprint density at radius 1 is 1.26 bits per heavy atom. The maximum Gasteiger partial charge on any atom is 0.239 e. The standard InChI is InChI=1S/C19H37N5O3/c1-5-14(4)18(26)15(6-7-20)23-17(25)11-22-19(27)16-10-21-8-9-24(16)12-13(2)3/h13-16,21H,5-12,20H2,1-4H3,(H,22,27)(H,23,25). The maximum absolute atomic E-state index is 12.5. The first-order chi connectivity index (χ1) is 12.8. The summed E-state index contributed by atoms with van der Waals surface area (Å²) in [4.78, 5) is 39.3. The smallest absolute Gasteiger partial charge is 0.239 e. The van der Waals surface area contributed by atoms with Crippen molar-refractivity contribution < 1.29 is 14.4 Å². The SMILES string of the molecule is CCC(C)C(=O)C(CCN)NC(=O)CNC(=O)C1CNCCN1CC(C)C. The minimum Gasteiger partial charge on any atom is -0.346 e. The number of nitrogens with two attached hydrogens (primary N) is 1. The van der Waals surface area contributed by atoms with E-state index < -0.39 is 6.04 Å². The number of Topliss-reactive ketones (excluding diaryl/α,β-unsaturated/α-hetero) is 1. The lowest BCUT2D eigenvalue weighted by Crippen LogP contribution is -2.59. The fraction of sp³-hybridized carbons (Fsp3) is 0.842.